The fourth-order valence-electron chi connectivity index (χ4n) is 2.20. The van der Waals surface area contributed by atoms with Crippen molar-refractivity contribution in [1.82, 2.24) is 0 Å². The Balaban J connectivity index is 2.32. The van der Waals surface area contributed by atoms with Gasteiger partial charge in [0.2, 0.25) is 0 Å². The van der Waals surface area contributed by atoms with Gasteiger partial charge < -0.3 is 5.11 Å². The highest BCUT2D eigenvalue weighted by atomic mass is 19.1. The first kappa shape index (κ1) is 9.33. The molecular weight excluding hydrogens is 210 g/mol. The van der Waals surface area contributed by atoms with Gasteiger partial charge in [-0.05, 0) is 23.3 Å². The quantitative estimate of drug-likeness (QED) is 0.614. The summed E-state index contributed by atoms with van der Waals surface area (Å²) in [5, 5.41) is 9.26. The molecule has 3 rings (SSSR count). The zero-order valence-corrected chi connectivity index (χ0v) is 8.30. The van der Waals surface area contributed by atoms with Crippen molar-refractivity contribution < 1.29 is 13.9 Å². The molecule has 0 saturated heterocycles. The first-order chi connectivity index (χ1) is 7.68. The van der Waals surface area contributed by atoms with Crippen molar-refractivity contribution >= 4 is 0 Å². The highest BCUT2D eigenvalue weighted by molar-refractivity contribution is 5.77. The van der Waals surface area contributed by atoms with E-state index in [2.05, 4.69) is 0 Å². The number of halogens is 2. The summed E-state index contributed by atoms with van der Waals surface area (Å²) in [6, 6.07) is 7.66. The Kier molecular flexibility index (Phi) is 1.78. The predicted octanol–water partition coefficient (Wildman–Crippen LogP) is 3.24. The second-order valence-electron chi connectivity index (χ2n) is 3.87. The van der Waals surface area contributed by atoms with E-state index in [1.54, 1.807) is 18.2 Å². The number of hydrogen-bond acceptors (Lipinski definition) is 1. The average molecular weight is 218 g/mol. The third-order valence-corrected chi connectivity index (χ3v) is 2.99. The molecule has 0 amide bonds. The summed E-state index contributed by atoms with van der Waals surface area (Å²) in [5.74, 6) is -1.35. The van der Waals surface area contributed by atoms with Crippen LogP contribution in [-0.2, 0) is 6.42 Å². The van der Waals surface area contributed by atoms with Crippen LogP contribution >= 0.6 is 0 Å². The van der Waals surface area contributed by atoms with Gasteiger partial charge in [0.25, 0.3) is 0 Å². The van der Waals surface area contributed by atoms with Crippen LogP contribution in [0.15, 0.2) is 30.3 Å². The number of hydrogen-bond donors (Lipinski definition) is 1. The van der Waals surface area contributed by atoms with E-state index >= 15 is 0 Å². The summed E-state index contributed by atoms with van der Waals surface area (Å²) in [6.45, 7) is 0. The van der Waals surface area contributed by atoms with E-state index in [4.69, 9.17) is 0 Å². The van der Waals surface area contributed by atoms with Crippen LogP contribution in [0.1, 0.15) is 11.1 Å². The van der Waals surface area contributed by atoms with Crippen LogP contribution in [0.5, 0.6) is 5.75 Å². The number of aromatic hydroxyl groups is 1. The van der Waals surface area contributed by atoms with E-state index in [1.807, 2.05) is 0 Å². The SMILES string of the molecule is Oc1ccc2c(c1F)Cc1c(F)cccc1-2. The first-order valence-electron chi connectivity index (χ1n) is 4.96. The molecule has 2 aromatic rings. The molecule has 0 fully saturated rings. The van der Waals surface area contributed by atoms with E-state index in [1.165, 1.54) is 12.1 Å². The largest absolute Gasteiger partial charge is 0.505 e. The van der Waals surface area contributed by atoms with Crippen molar-refractivity contribution in [3.8, 4) is 16.9 Å². The number of benzene rings is 2. The van der Waals surface area contributed by atoms with Crippen LogP contribution in [-0.4, -0.2) is 5.11 Å². The topological polar surface area (TPSA) is 20.2 Å². The van der Waals surface area contributed by atoms with E-state index in [9.17, 15) is 13.9 Å². The molecule has 0 aromatic heterocycles. The van der Waals surface area contributed by atoms with Gasteiger partial charge >= 0.3 is 0 Å². The lowest BCUT2D eigenvalue weighted by Gasteiger charge is -2.02. The van der Waals surface area contributed by atoms with Gasteiger partial charge in [-0.1, -0.05) is 18.2 Å². The van der Waals surface area contributed by atoms with Gasteiger partial charge in [0.15, 0.2) is 11.6 Å². The Morgan fingerprint density at radius 3 is 2.50 bits per heavy atom. The van der Waals surface area contributed by atoms with E-state index < -0.39 is 5.82 Å². The molecule has 1 aliphatic carbocycles. The molecule has 0 atom stereocenters. The summed E-state index contributed by atoms with van der Waals surface area (Å²) >= 11 is 0. The van der Waals surface area contributed by atoms with Crippen LogP contribution in [0, 0.1) is 11.6 Å². The van der Waals surface area contributed by atoms with Crippen molar-refractivity contribution in [2.45, 2.75) is 6.42 Å². The third kappa shape index (κ3) is 1.08. The van der Waals surface area contributed by atoms with E-state index in [-0.39, 0.29) is 18.0 Å². The Morgan fingerprint density at radius 1 is 0.938 bits per heavy atom. The minimum atomic E-state index is -0.645. The first-order valence-corrected chi connectivity index (χ1v) is 4.96. The lowest BCUT2D eigenvalue weighted by molar-refractivity contribution is 0.430. The second-order valence-corrected chi connectivity index (χ2v) is 3.87. The number of rotatable bonds is 0. The molecule has 80 valence electrons. The lowest BCUT2D eigenvalue weighted by atomic mass is 10.1. The molecule has 0 spiro atoms. The van der Waals surface area contributed by atoms with Gasteiger partial charge in [-0.3, -0.25) is 0 Å². The van der Waals surface area contributed by atoms with Crippen LogP contribution in [0.4, 0.5) is 8.78 Å². The van der Waals surface area contributed by atoms with Crippen LogP contribution in [0.2, 0.25) is 0 Å². The fraction of sp³-hybridized carbons (Fsp3) is 0.0769. The molecule has 0 radical (unpaired) electrons. The summed E-state index contributed by atoms with van der Waals surface area (Å²) in [6.07, 6.45) is 0.206. The molecule has 0 unspecified atom stereocenters. The standard InChI is InChI=1S/C13H8F2O/c14-11-3-1-2-7-8-4-5-12(16)13(15)10(8)6-9(7)11/h1-5,16H,6H2. The Bertz CT molecular complexity index is 591. The zero-order chi connectivity index (χ0) is 11.3. The van der Waals surface area contributed by atoms with Gasteiger partial charge in [0, 0.05) is 17.5 Å². The molecule has 3 heteroatoms. The minimum Gasteiger partial charge on any atom is -0.505 e. The molecule has 1 nitrogen and oxygen atoms in total. The smallest absolute Gasteiger partial charge is 0.168 e. The molecule has 16 heavy (non-hydrogen) atoms. The molecule has 1 aliphatic rings. The third-order valence-electron chi connectivity index (χ3n) is 2.99. The maximum Gasteiger partial charge on any atom is 0.168 e. The predicted molar refractivity (Wildman–Crippen MR) is 56.3 cm³/mol. The van der Waals surface area contributed by atoms with Crippen LogP contribution in [0.3, 0.4) is 0 Å². The normalized spacial score (nSPS) is 12.4. The van der Waals surface area contributed by atoms with Gasteiger partial charge in [0.1, 0.15) is 5.82 Å². The van der Waals surface area contributed by atoms with Crippen molar-refractivity contribution in [2.75, 3.05) is 0 Å². The maximum atomic E-state index is 13.6. The summed E-state index contributed by atoms with van der Waals surface area (Å²) in [7, 11) is 0. The van der Waals surface area contributed by atoms with Crippen LogP contribution < -0.4 is 0 Å². The summed E-state index contributed by atoms with van der Waals surface area (Å²) in [5.41, 5.74) is 2.26. The molecule has 1 N–H and O–H groups in total. The van der Waals surface area contributed by atoms with Gasteiger partial charge in [-0.15, -0.1) is 0 Å². The van der Waals surface area contributed by atoms with E-state index in [0.29, 0.717) is 22.3 Å². The molecule has 2 aromatic carbocycles. The van der Waals surface area contributed by atoms with Crippen molar-refractivity contribution in [3.63, 3.8) is 0 Å². The van der Waals surface area contributed by atoms with Crippen molar-refractivity contribution in [1.29, 1.82) is 0 Å². The molecule has 0 heterocycles. The highest BCUT2D eigenvalue weighted by Crippen LogP contribution is 2.40. The lowest BCUT2D eigenvalue weighted by Crippen LogP contribution is -1.89. The maximum absolute atomic E-state index is 13.6. The van der Waals surface area contributed by atoms with Gasteiger partial charge in [-0.2, -0.15) is 0 Å². The molecular formula is C13H8F2O. The monoisotopic (exact) mass is 218 g/mol. The summed E-state index contributed by atoms with van der Waals surface area (Å²) in [4.78, 5) is 0. The number of fused-ring (bicyclic) bond motifs is 3. The summed E-state index contributed by atoms with van der Waals surface area (Å²) < 4.78 is 27.1. The zero-order valence-electron chi connectivity index (χ0n) is 8.30. The molecule has 0 aliphatic heterocycles. The fourth-order valence-corrected chi connectivity index (χ4v) is 2.20. The highest BCUT2D eigenvalue weighted by Gasteiger charge is 2.25. The number of phenolic OH excluding ortho intramolecular Hbond substituents is 1. The average Bonchev–Trinajstić information content (AvgIpc) is 2.65. The minimum absolute atomic E-state index is 0.206. The Morgan fingerprint density at radius 2 is 1.69 bits per heavy atom. The van der Waals surface area contributed by atoms with Gasteiger partial charge in [0.05, 0.1) is 0 Å². The van der Waals surface area contributed by atoms with Gasteiger partial charge in [-0.25, -0.2) is 8.78 Å². The van der Waals surface area contributed by atoms with Crippen LogP contribution in [0.25, 0.3) is 11.1 Å². The van der Waals surface area contributed by atoms with Crippen molar-refractivity contribution in [2.24, 2.45) is 0 Å². The Labute approximate surface area is 91.0 Å². The molecule has 0 bridgehead atoms. The Hall–Kier alpha value is -1.90. The second kappa shape index (κ2) is 3.04. The molecule has 0 saturated carbocycles. The van der Waals surface area contributed by atoms with E-state index in [0.717, 1.165) is 0 Å². The number of phenols is 1. The van der Waals surface area contributed by atoms with Crippen molar-refractivity contribution in [3.05, 3.63) is 53.1 Å².